The molecule has 0 bridgehead atoms. The van der Waals surface area contributed by atoms with E-state index in [2.05, 4.69) is 5.32 Å². The van der Waals surface area contributed by atoms with E-state index < -0.39 is 6.29 Å². The van der Waals surface area contributed by atoms with Gasteiger partial charge in [-0.1, -0.05) is 42.5 Å². The smallest absolute Gasteiger partial charge is 0.263 e. The van der Waals surface area contributed by atoms with Crippen LogP contribution in [0.1, 0.15) is 9.67 Å². The molecule has 9 heteroatoms. The number of methoxy groups -OCH3 is 4. The third kappa shape index (κ3) is 4.79. The first kappa shape index (κ1) is 24.5. The summed E-state index contributed by atoms with van der Waals surface area (Å²) in [4.78, 5) is 18.9. The Labute approximate surface area is 207 Å². The molecule has 2 aromatic heterocycles. The van der Waals surface area contributed by atoms with Crippen molar-refractivity contribution >= 4 is 33.1 Å². The van der Waals surface area contributed by atoms with Gasteiger partial charge in [-0.25, -0.2) is 4.98 Å². The Bertz CT molecular complexity index is 1340. The molecule has 0 fully saturated rings. The van der Waals surface area contributed by atoms with Gasteiger partial charge in [0.1, 0.15) is 9.71 Å². The van der Waals surface area contributed by atoms with E-state index in [1.807, 2.05) is 54.6 Å². The summed E-state index contributed by atoms with van der Waals surface area (Å²) in [6.07, 6.45) is -0.561. The first-order valence-electron chi connectivity index (χ1n) is 10.9. The van der Waals surface area contributed by atoms with Gasteiger partial charge in [0, 0.05) is 36.3 Å². The number of pyridine rings is 1. The number of para-hydroxylation sites is 1. The van der Waals surface area contributed by atoms with Gasteiger partial charge in [0.25, 0.3) is 5.91 Å². The Balaban J connectivity index is 1.92. The highest BCUT2D eigenvalue weighted by Gasteiger charge is 2.24. The molecular formula is C26H27N3O5S. The molecule has 0 atom stereocenters. The summed E-state index contributed by atoms with van der Waals surface area (Å²) in [5, 5.41) is 3.50. The molecular weight excluding hydrogens is 466 g/mol. The quantitative estimate of drug-likeness (QED) is 0.329. The standard InChI is InChI=1S/C26H27N3O5S/c1-31-19-12-8-11-16(23(19)34-4)17-13-18(15-9-6-5-7-10-15)29-26-21(17)22(27)24(35-26)25(30)28-14-20(32-2)33-3/h5-13,20H,14,27H2,1-4H3,(H,28,30). The minimum atomic E-state index is -0.561. The molecule has 4 rings (SSSR count). The van der Waals surface area contributed by atoms with E-state index in [4.69, 9.17) is 29.7 Å². The fourth-order valence-corrected chi connectivity index (χ4v) is 4.91. The molecule has 0 aliphatic rings. The van der Waals surface area contributed by atoms with Crippen LogP contribution in [0, 0.1) is 0 Å². The molecule has 35 heavy (non-hydrogen) atoms. The molecule has 2 aromatic carbocycles. The minimum absolute atomic E-state index is 0.179. The highest BCUT2D eigenvalue weighted by molar-refractivity contribution is 7.21. The maximum atomic E-state index is 13.0. The molecule has 0 saturated carbocycles. The number of nitrogens with one attached hydrogen (secondary N) is 1. The third-order valence-corrected chi connectivity index (χ3v) is 6.72. The van der Waals surface area contributed by atoms with E-state index in [0.29, 0.717) is 32.3 Å². The van der Waals surface area contributed by atoms with E-state index in [-0.39, 0.29) is 12.5 Å². The summed E-state index contributed by atoms with van der Waals surface area (Å²) in [6.45, 7) is 0.179. The van der Waals surface area contributed by atoms with Crippen LogP contribution in [-0.2, 0) is 9.47 Å². The number of nitrogens with two attached hydrogens (primary N) is 1. The normalized spacial score (nSPS) is 11.1. The Hall–Kier alpha value is -3.66. The van der Waals surface area contributed by atoms with Crippen LogP contribution in [0.3, 0.4) is 0 Å². The van der Waals surface area contributed by atoms with Crippen molar-refractivity contribution in [3.63, 3.8) is 0 Å². The lowest BCUT2D eigenvalue weighted by Crippen LogP contribution is -2.34. The van der Waals surface area contributed by atoms with Gasteiger partial charge in [-0.3, -0.25) is 4.79 Å². The molecule has 4 aromatic rings. The average Bonchev–Trinajstić information content (AvgIpc) is 3.24. The average molecular weight is 494 g/mol. The van der Waals surface area contributed by atoms with Crippen molar-refractivity contribution in [1.82, 2.24) is 10.3 Å². The van der Waals surface area contributed by atoms with E-state index >= 15 is 0 Å². The van der Waals surface area contributed by atoms with Crippen molar-refractivity contribution in [2.24, 2.45) is 0 Å². The topological polar surface area (TPSA) is 105 Å². The Morgan fingerprint density at radius 3 is 2.40 bits per heavy atom. The lowest BCUT2D eigenvalue weighted by Gasteiger charge is -2.15. The number of aromatic nitrogens is 1. The number of nitrogen functional groups attached to an aromatic ring is 1. The van der Waals surface area contributed by atoms with Crippen LogP contribution in [-0.4, -0.2) is 52.2 Å². The van der Waals surface area contributed by atoms with Gasteiger partial charge in [-0.05, 0) is 12.1 Å². The number of rotatable bonds is 9. The molecule has 0 spiro atoms. The SMILES string of the molecule is COc1cccc(-c2cc(-c3ccccc3)nc3sc(C(=O)NCC(OC)OC)c(N)c23)c1OC. The number of thiophene rings is 1. The largest absolute Gasteiger partial charge is 0.493 e. The van der Waals surface area contributed by atoms with Crippen molar-refractivity contribution in [3.8, 4) is 33.9 Å². The first-order chi connectivity index (χ1) is 17.0. The summed E-state index contributed by atoms with van der Waals surface area (Å²) in [5.74, 6) is 0.837. The second-order valence-electron chi connectivity index (χ2n) is 7.60. The molecule has 182 valence electrons. The highest BCUT2D eigenvalue weighted by Crippen LogP contribution is 2.46. The molecule has 3 N–H and O–H groups in total. The first-order valence-corrected chi connectivity index (χ1v) is 11.7. The number of anilines is 1. The van der Waals surface area contributed by atoms with Gasteiger partial charge in [0.05, 0.1) is 32.1 Å². The predicted octanol–water partition coefficient (Wildman–Crippen LogP) is 4.58. The number of ether oxygens (including phenoxy) is 4. The predicted molar refractivity (Wildman–Crippen MR) is 138 cm³/mol. The molecule has 2 heterocycles. The second kappa shape index (κ2) is 10.7. The second-order valence-corrected chi connectivity index (χ2v) is 8.60. The number of hydrogen-bond donors (Lipinski definition) is 2. The van der Waals surface area contributed by atoms with Gasteiger partial charge < -0.3 is 30.0 Å². The van der Waals surface area contributed by atoms with E-state index in [0.717, 1.165) is 22.4 Å². The zero-order chi connectivity index (χ0) is 24.9. The number of nitrogens with zero attached hydrogens (tertiary/aromatic N) is 1. The minimum Gasteiger partial charge on any atom is -0.493 e. The number of amides is 1. The summed E-state index contributed by atoms with van der Waals surface area (Å²) in [7, 11) is 6.21. The number of carbonyl (C=O) groups is 1. The van der Waals surface area contributed by atoms with Crippen LogP contribution < -0.4 is 20.5 Å². The third-order valence-electron chi connectivity index (χ3n) is 5.62. The molecule has 0 radical (unpaired) electrons. The maximum Gasteiger partial charge on any atom is 0.263 e. The van der Waals surface area contributed by atoms with Crippen LogP contribution in [0.15, 0.2) is 54.6 Å². The molecule has 1 amide bonds. The maximum absolute atomic E-state index is 13.0. The highest BCUT2D eigenvalue weighted by atomic mass is 32.1. The van der Waals surface area contributed by atoms with Crippen LogP contribution in [0.25, 0.3) is 32.6 Å². The van der Waals surface area contributed by atoms with E-state index in [9.17, 15) is 4.79 Å². The summed E-state index contributed by atoms with van der Waals surface area (Å²) < 4.78 is 21.5. The zero-order valence-electron chi connectivity index (χ0n) is 20.0. The number of benzene rings is 2. The molecule has 0 unspecified atom stereocenters. The van der Waals surface area contributed by atoms with E-state index in [1.54, 1.807) is 14.2 Å². The summed E-state index contributed by atoms with van der Waals surface area (Å²) >= 11 is 1.24. The van der Waals surface area contributed by atoms with E-state index in [1.165, 1.54) is 25.6 Å². The van der Waals surface area contributed by atoms with Gasteiger partial charge in [0.2, 0.25) is 0 Å². The molecule has 8 nitrogen and oxygen atoms in total. The van der Waals surface area contributed by atoms with Gasteiger partial charge >= 0.3 is 0 Å². The molecule has 0 aliphatic carbocycles. The van der Waals surface area contributed by atoms with Gasteiger partial charge in [-0.15, -0.1) is 11.3 Å². The number of carbonyl (C=O) groups excluding carboxylic acids is 1. The fourth-order valence-electron chi connectivity index (χ4n) is 3.88. The Morgan fingerprint density at radius 1 is 1.00 bits per heavy atom. The van der Waals surface area contributed by atoms with Crippen molar-refractivity contribution in [1.29, 1.82) is 0 Å². The van der Waals surface area contributed by atoms with Crippen molar-refractivity contribution in [2.75, 3.05) is 40.7 Å². The van der Waals surface area contributed by atoms with Crippen LogP contribution in [0.4, 0.5) is 5.69 Å². The van der Waals surface area contributed by atoms with Crippen LogP contribution in [0.5, 0.6) is 11.5 Å². The summed E-state index contributed by atoms with van der Waals surface area (Å²) in [6, 6.07) is 17.4. The van der Waals surface area contributed by atoms with Crippen molar-refractivity contribution < 1.29 is 23.7 Å². The Kier molecular flexibility index (Phi) is 7.50. The number of fused-ring (bicyclic) bond motifs is 1. The molecule has 0 aliphatic heterocycles. The lowest BCUT2D eigenvalue weighted by atomic mass is 9.98. The van der Waals surface area contributed by atoms with Crippen LogP contribution >= 0.6 is 11.3 Å². The van der Waals surface area contributed by atoms with Gasteiger partial charge in [-0.2, -0.15) is 0 Å². The van der Waals surface area contributed by atoms with Gasteiger partial charge in [0.15, 0.2) is 17.8 Å². The van der Waals surface area contributed by atoms with Crippen LogP contribution in [0.2, 0.25) is 0 Å². The lowest BCUT2D eigenvalue weighted by molar-refractivity contribution is -0.0974. The Morgan fingerprint density at radius 2 is 1.74 bits per heavy atom. The summed E-state index contributed by atoms with van der Waals surface area (Å²) in [5.41, 5.74) is 10.2. The van der Waals surface area contributed by atoms with Crippen molar-refractivity contribution in [3.05, 3.63) is 59.5 Å². The number of hydrogen-bond acceptors (Lipinski definition) is 8. The van der Waals surface area contributed by atoms with Crippen molar-refractivity contribution in [2.45, 2.75) is 6.29 Å². The zero-order valence-corrected chi connectivity index (χ0v) is 20.8. The fraction of sp³-hybridized carbons (Fsp3) is 0.231. The monoisotopic (exact) mass is 493 g/mol. The molecule has 0 saturated heterocycles.